The Kier molecular flexibility index (Phi) is 4.32. The third-order valence-electron chi connectivity index (χ3n) is 5.00. The van der Waals surface area contributed by atoms with Crippen molar-refractivity contribution >= 4 is 0 Å². The van der Waals surface area contributed by atoms with Gasteiger partial charge in [0.05, 0.1) is 6.10 Å². The Bertz CT molecular complexity index is 467. The summed E-state index contributed by atoms with van der Waals surface area (Å²) in [4.78, 5) is 2.22. The van der Waals surface area contributed by atoms with E-state index >= 15 is 0 Å². The summed E-state index contributed by atoms with van der Waals surface area (Å²) in [5.41, 5.74) is 7.03. The van der Waals surface area contributed by atoms with Crippen LogP contribution < -0.4 is 0 Å². The molecule has 0 amide bonds. The number of aliphatic hydroxyl groups excluding tert-OH is 1. The Hall–Kier alpha value is -0.860. The van der Waals surface area contributed by atoms with Crippen LogP contribution in [0.25, 0.3) is 0 Å². The quantitative estimate of drug-likeness (QED) is 0.885. The molecule has 0 aliphatic carbocycles. The Labute approximate surface area is 117 Å². The summed E-state index contributed by atoms with van der Waals surface area (Å²) >= 11 is 0. The molecule has 0 bridgehead atoms. The standard InChI is InChI=1S/C17H27NO/c1-11-8-16(14(4)13(3)12(11)2)9-15-6-7-18(5)10-17(15)19/h8,15,17,19H,6-7,9-10H2,1-5H3/t15-,17-/m1/s1. The molecule has 0 aromatic heterocycles. The second kappa shape index (κ2) is 5.64. The Morgan fingerprint density at radius 2 is 1.84 bits per heavy atom. The molecule has 1 N–H and O–H groups in total. The molecule has 106 valence electrons. The first kappa shape index (κ1) is 14.5. The number of likely N-dealkylation sites (N-methyl/N-ethyl adjacent to an activating group) is 1. The topological polar surface area (TPSA) is 23.5 Å². The van der Waals surface area contributed by atoms with Crippen LogP contribution in [0.1, 0.15) is 34.2 Å². The summed E-state index contributed by atoms with van der Waals surface area (Å²) < 4.78 is 0. The first-order valence-corrected chi connectivity index (χ1v) is 7.33. The Balaban J connectivity index is 2.20. The van der Waals surface area contributed by atoms with Crippen LogP contribution in [0.5, 0.6) is 0 Å². The molecule has 1 fully saturated rings. The monoisotopic (exact) mass is 261 g/mol. The maximum absolute atomic E-state index is 10.2. The van der Waals surface area contributed by atoms with Gasteiger partial charge in [0, 0.05) is 6.54 Å². The van der Waals surface area contributed by atoms with Crippen LogP contribution in [0.3, 0.4) is 0 Å². The largest absolute Gasteiger partial charge is 0.391 e. The second-order valence-corrected chi connectivity index (χ2v) is 6.31. The van der Waals surface area contributed by atoms with E-state index in [2.05, 4.69) is 45.7 Å². The lowest BCUT2D eigenvalue weighted by Crippen LogP contribution is -2.42. The van der Waals surface area contributed by atoms with Crippen LogP contribution in [0.2, 0.25) is 0 Å². The first-order chi connectivity index (χ1) is 8.90. The van der Waals surface area contributed by atoms with Crippen LogP contribution in [0, 0.1) is 33.6 Å². The number of β-amino-alcohol motifs (C(OH)–C–C–N with tert-alkyl or cyclic N) is 1. The Morgan fingerprint density at radius 1 is 1.16 bits per heavy atom. The molecule has 2 nitrogen and oxygen atoms in total. The normalized spacial score (nSPS) is 24.7. The average molecular weight is 261 g/mol. The minimum atomic E-state index is -0.180. The van der Waals surface area contributed by atoms with Crippen LogP contribution >= 0.6 is 0 Å². The van der Waals surface area contributed by atoms with E-state index in [9.17, 15) is 5.11 Å². The van der Waals surface area contributed by atoms with Crippen molar-refractivity contribution in [3.05, 3.63) is 33.9 Å². The molecule has 2 heteroatoms. The lowest BCUT2D eigenvalue weighted by Gasteiger charge is -2.34. The van der Waals surface area contributed by atoms with E-state index in [-0.39, 0.29) is 6.10 Å². The van der Waals surface area contributed by atoms with Crippen molar-refractivity contribution in [2.45, 2.75) is 46.6 Å². The molecule has 0 unspecified atom stereocenters. The number of hydrogen-bond acceptors (Lipinski definition) is 2. The van der Waals surface area contributed by atoms with E-state index in [1.54, 1.807) is 0 Å². The van der Waals surface area contributed by atoms with E-state index in [4.69, 9.17) is 0 Å². The fourth-order valence-electron chi connectivity index (χ4n) is 3.17. The summed E-state index contributed by atoms with van der Waals surface area (Å²) in [6, 6.07) is 2.32. The number of piperidine rings is 1. The van der Waals surface area contributed by atoms with Gasteiger partial charge in [0.1, 0.15) is 0 Å². The molecular weight excluding hydrogens is 234 g/mol. The molecule has 1 aliphatic heterocycles. The van der Waals surface area contributed by atoms with Gasteiger partial charge >= 0.3 is 0 Å². The maximum Gasteiger partial charge on any atom is 0.0698 e. The van der Waals surface area contributed by atoms with E-state index in [1.807, 2.05) is 0 Å². The molecule has 1 saturated heterocycles. The van der Waals surface area contributed by atoms with Crippen molar-refractivity contribution in [1.82, 2.24) is 4.90 Å². The van der Waals surface area contributed by atoms with Crippen molar-refractivity contribution in [2.24, 2.45) is 5.92 Å². The lowest BCUT2D eigenvalue weighted by atomic mass is 9.84. The van der Waals surface area contributed by atoms with Crippen LogP contribution in [0.4, 0.5) is 0 Å². The molecule has 2 atom stereocenters. The summed E-state index contributed by atoms with van der Waals surface area (Å²) in [5.74, 6) is 0.413. The summed E-state index contributed by atoms with van der Waals surface area (Å²) in [6.45, 7) is 10.7. The number of nitrogens with zero attached hydrogens (tertiary/aromatic N) is 1. The molecular formula is C17H27NO. The van der Waals surface area contributed by atoms with Gasteiger partial charge in [0.25, 0.3) is 0 Å². The molecule has 0 spiro atoms. The average Bonchev–Trinajstić information content (AvgIpc) is 2.36. The summed E-state index contributed by atoms with van der Waals surface area (Å²) in [6.07, 6.45) is 1.94. The van der Waals surface area contributed by atoms with Crippen LogP contribution in [-0.2, 0) is 6.42 Å². The number of rotatable bonds is 2. The first-order valence-electron chi connectivity index (χ1n) is 7.33. The molecule has 19 heavy (non-hydrogen) atoms. The molecule has 1 aromatic carbocycles. The van der Waals surface area contributed by atoms with Crippen molar-refractivity contribution in [3.63, 3.8) is 0 Å². The van der Waals surface area contributed by atoms with Gasteiger partial charge in [-0.2, -0.15) is 0 Å². The van der Waals surface area contributed by atoms with Gasteiger partial charge in [-0.3, -0.25) is 0 Å². The summed E-state index contributed by atoms with van der Waals surface area (Å²) in [5, 5.41) is 10.2. The molecule has 0 radical (unpaired) electrons. The maximum atomic E-state index is 10.2. The highest BCUT2D eigenvalue weighted by atomic mass is 16.3. The number of aliphatic hydroxyl groups is 1. The minimum absolute atomic E-state index is 0.180. The number of benzene rings is 1. The van der Waals surface area contributed by atoms with Gasteiger partial charge in [-0.25, -0.2) is 0 Å². The zero-order chi connectivity index (χ0) is 14.2. The van der Waals surface area contributed by atoms with E-state index in [0.29, 0.717) is 5.92 Å². The van der Waals surface area contributed by atoms with Crippen molar-refractivity contribution in [2.75, 3.05) is 20.1 Å². The van der Waals surface area contributed by atoms with Crippen molar-refractivity contribution in [3.8, 4) is 0 Å². The van der Waals surface area contributed by atoms with Gasteiger partial charge in [-0.1, -0.05) is 6.07 Å². The zero-order valence-corrected chi connectivity index (χ0v) is 13.0. The van der Waals surface area contributed by atoms with E-state index in [0.717, 1.165) is 25.9 Å². The molecule has 1 aromatic rings. The molecule has 2 rings (SSSR count). The highest BCUT2D eigenvalue weighted by Gasteiger charge is 2.26. The van der Waals surface area contributed by atoms with Gasteiger partial charge in [-0.15, -0.1) is 0 Å². The second-order valence-electron chi connectivity index (χ2n) is 6.31. The van der Waals surface area contributed by atoms with E-state index < -0.39 is 0 Å². The van der Waals surface area contributed by atoms with Crippen LogP contribution in [0.15, 0.2) is 6.07 Å². The minimum Gasteiger partial charge on any atom is -0.391 e. The SMILES string of the molecule is Cc1cc(C[C@H]2CCN(C)C[C@H]2O)c(C)c(C)c1C. The number of likely N-dealkylation sites (tertiary alicyclic amines) is 1. The van der Waals surface area contributed by atoms with Gasteiger partial charge in [-0.05, 0) is 87.9 Å². The number of hydrogen-bond donors (Lipinski definition) is 1. The zero-order valence-electron chi connectivity index (χ0n) is 13.0. The predicted octanol–water partition coefficient (Wildman–Crippen LogP) is 2.78. The Morgan fingerprint density at radius 3 is 2.47 bits per heavy atom. The predicted molar refractivity (Wildman–Crippen MR) is 80.7 cm³/mol. The van der Waals surface area contributed by atoms with Gasteiger partial charge < -0.3 is 10.0 Å². The lowest BCUT2D eigenvalue weighted by molar-refractivity contribution is 0.0326. The summed E-state index contributed by atoms with van der Waals surface area (Å²) in [7, 11) is 2.09. The third kappa shape index (κ3) is 3.01. The fourth-order valence-corrected chi connectivity index (χ4v) is 3.17. The molecule has 1 heterocycles. The molecule has 1 aliphatic rings. The number of aryl methyl sites for hydroxylation is 1. The van der Waals surface area contributed by atoms with E-state index in [1.165, 1.54) is 27.8 Å². The van der Waals surface area contributed by atoms with Crippen molar-refractivity contribution < 1.29 is 5.11 Å². The van der Waals surface area contributed by atoms with Gasteiger partial charge in [0.15, 0.2) is 0 Å². The fraction of sp³-hybridized carbons (Fsp3) is 0.647. The van der Waals surface area contributed by atoms with Crippen molar-refractivity contribution in [1.29, 1.82) is 0 Å². The highest BCUT2D eigenvalue weighted by molar-refractivity contribution is 5.43. The third-order valence-corrected chi connectivity index (χ3v) is 5.00. The smallest absolute Gasteiger partial charge is 0.0698 e. The van der Waals surface area contributed by atoms with Gasteiger partial charge in [0.2, 0.25) is 0 Å². The van der Waals surface area contributed by atoms with Crippen LogP contribution in [-0.4, -0.2) is 36.2 Å². The molecule has 0 saturated carbocycles. The highest BCUT2D eigenvalue weighted by Crippen LogP contribution is 2.27.